The molecular weight excluding hydrogens is 705 g/mol. The Bertz CT molecular complexity index is 2090. The summed E-state index contributed by atoms with van der Waals surface area (Å²) in [7, 11) is 0. The maximum atomic E-state index is 6.80. The summed E-state index contributed by atoms with van der Waals surface area (Å²) < 4.78 is 48.0. The highest BCUT2D eigenvalue weighted by atomic mass is 16.7. The molecule has 4 aromatic carbocycles. The molecule has 0 bridgehead atoms. The molecule has 8 rings (SSSR count). The van der Waals surface area contributed by atoms with E-state index in [1.165, 1.54) is 0 Å². The topological polar surface area (TPSA) is 83.7 Å². The molecule has 56 heavy (non-hydrogen) atoms. The summed E-state index contributed by atoms with van der Waals surface area (Å²) in [5.41, 5.74) is 10.2. The molecule has 4 saturated heterocycles. The fraction of sp³-hybridized carbons (Fsp3) is 0.333. The molecule has 290 valence electrons. The van der Waals surface area contributed by atoms with Crippen molar-refractivity contribution in [2.45, 2.75) is 56.7 Å². The van der Waals surface area contributed by atoms with Crippen LogP contribution in [0.4, 0.5) is 0 Å². The highest BCUT2D eigenvalue weighted by Gasteiger charge is 2.29. The van der Waals surface area contributed by atoms with Gasteiger partial charge in [-0.15, -0.1) is 26.3 Å². The van der Waals surface area contributed by atoms with Crippen LogP contribution >= 0.6 is 0 Å². The van der Waals surface area contributed by atoms with Crippen LogP contribution in [-0.2, 0) is 44.6 Å². The molecule has 0 aliphatic carbocycles. The molecule has 0 N–H and O–H groups in total. The Hall–Kier alpha value is -5.12. The Morgan fingerprint density at radius 1 is 0.536 bits per heavy atom. The second kappa shape index (κ2) is 17.3. The lowest BCUT2D eigenvalue weighted by Crippen LogP contribution is -2.32. The van der Waals surface area contributed by atoms with Crippen LogP contribution in [0.15, 0.2) is 111 Å². The summed E-state index contributed by atoms with van der Waals surface area (Å²) in [5, 5.41) is 0. The van der Waals surface area contributed by atoms with E-state index in [9.17, 15) is 0 Å². The van der Waals surface area contributed by atoms with Crippen molar-refractivity contribution in [3.63, 3.8) is 0 Å². The molecule has 0 saturated carbocycles. The van der Waals surface area contributed by atoms with Gasteiger partial charge in [0.1, 0.15) is 61.1 Å². The van der Waals surface area contributed by atoms with E-state index in [0.29, 0.717) is 58.7 Å². The van der Waals surface area contributed by atoms with Gasteiger partial charge in [0.05, 0.1) is 26.4 Å². The van der Waals surface area contributed by atoms with Crippen molar-refractivity contribution in [2.75, 3.05) is 46.2 Å². The zero-order chi connectivity index (χ0) is 38.4. The first kappa shape index (κ1) is 37.8. The van der Waals surface area contributed by atoms with Gasteiger partial charge >= 0.3 is 0 Å². The van der Waals surface area contributed by atoms with Gasteiger partial charge in [-0.2, -0.15) is 0 Å². The van der Waals surface area contributed by atoms with Gasteiger partial charge in [0.25, 0.3) is 0 Å². The Morgan fingerprint density at radius 3 is 1.70 bits per heavy atom. The summed E-state index contributed by atoms with van der Waals surface area (Å²) >= 11 is 0. The minimum absolute atomic E-state index is 0.0585. The zero-order valence-electron chi connectivity index (χ0n) is 32.0. The van der Waals surface area contributed by atoms with Gasteiger partial charge < -0.3 is 37.9 Å². The Kier molecular flexibility index (Phi) is 11.7. The van der Waals surface area contributed by atoms with Crippen LogP contribution in [0.2, 0.25) is 0 Å². The van der Waals surface area contributed by atoms with E-state index < -0.39 is 0 Å². The molecule has 4 unspecified atom stereocenters. The van der Waals surface area contributed by atoms with Gasteiger partial charge in [0.15, 0.2) is 0 Å². The number of hydrogen-bond donors (Lipinski definition) is 0. The van der Waals surface area contributed by atoms with E-state index in [-0.39, 0.29) is 24.6 Å². The van der Waals surface area contributed by atoms with Gasteiger partial charge in [-0.3, -0.25) is 0 Å². The molecule has 8 nitrogen and oxygen atoms in total. The third kappa shape index (κ3) is 8.95. The van der Waals surface area contributed by atoms with Crippen LogP contribution in [0, 0.1) is 0 Å². The summed E-state index contributed by atoms with van der Waals surface area (Å²) in [6.45, 7) is 20.7. The van der Waals surface area contributed by atoms with E-state index in [2.05, 4.69) is 80.9 Å². The predicted octanol–water partition coefficient (Wildman–Crippen LogP) is 9.06. The van der Waals surface area contributed by atoms with Gasteiger partial charge in [0.2, 0.25) is 6.29 Å². The van der Waals surface area contributed by atoms with Crippen LogP contribution in [0.3, 0.4) is 0 Å². The van der Waals surface area contributed by atoms with Gasteiger partial charge in [-0.1, -0.05) is 42.5 Å². The van der Waals surface area contributed by atoms with Crippen LogP contribution in [0.5, 0.6) is 23.0 Å². The average molecular weight is 755 g/mol. The number of hydrogen-bond acceptors (Lipinski definition) is 8. The Labute approximate surface area is 329 Å². The van der Waals surface area contributed by atoms with E-state index >= 15 is 0 Å². The standard InChI is InChI=1S/C48H50O8/c1-5-9-33-22-32(14-16-43(33)53-28-37-25-50-37)40-15-18-45(54-29-38-26-51-38)41(12-8-4)47(40)42-24-36(23-35(11-7-3)48(42)55-30-39-27-52-39)31-13-17-44(34(21-31)10-6-2)56-46-19-20-49-46/h5-8,13-18,21-24,37-39,46H,1-4,9-12,19-20,25-30H2. The second-order valence-electron chi connectivity index (χ2n) is 14.6. The largest absolute Gasteiger partial charge is 0.490 e. The molecule has 8 heteroatoms. The first-order chi connectivity index (χ1) is 27.5. The van der Waals surface area contributed by atoms with E-state index in [1.54, 1.807) is 0 Å². The molecule has 4 fully saturated rings. The van der Waals surface area contributed by atoms with E-state index in [0.717, 1.165) is 98.3 Å². The number of ether oxygens (including phenoxy) is 8. The molecule has 0 spiro atoms. The smallest absolute Gasteiger partial charge is 0.202 e. The summed E-state index contributed by atoms with van der Waals surface area (Å²) in [4.78, 5) is 0. The van der Waals surface area contributed by atoms with Gasteiger partial charge in [-0.25, -0.2) is 0 Å². The highest BCUT2D eigenvalue weighted by Crippen LogP contribution is 2.48. The molecule has 0 aromatic heterocycles. The summed E-state index contributed by atoms with van der Waals surface area (Å²) in [6, 6.07) is 21.4. The highest BCUT2D eigenvalue weighted by molar-refractivity contribution is 5.93. The predicted molar refractivity (Wildman–Crippen MR) is 219 cm³/mol. The van der Waals surface area contributed by atoms with Crippen molar-refractivity contribution >= 4 is 0 Å². The lowest BCUT2D eigenvalue weighted by Gasteiger charge is -2.28. The number of rotatable bonds is 22. The van der Waals surface area contributed by atoms with Crippen molar-refractivity contribution in [2.24, 2.45) is 0 Å². The third-order valence-electron chi connectivity index (χ3n) is 10.3. The minimum Gasteiger partial charge on any atom is -0.490 e. The summed E-state index contributed by atoms with van der Waals surface area (Å²) in [6.07, 6.45) is 11.1. The SMILES string of the molecule is C=CCc1cc(-c2ccc(OCC3CO3)c(CC=C)c2-c2cc(-c3ccc(OC4CCO4)c(CC=C)c3)cc(CC=C)c2OCC2CO2)ccc1OCC1CO1. The maximum Gasteiger partial charge on any atom is 0.202 e. The van der Waals surface area contributed by atoms with Gasteiger partial charge in [0, 0.05) is 23.1 Å². The second-order valence-corrected chi connectivity index (χ2v) is 14.6. The van der Waals surface area contributed by atoms with Crippen molar-refractivity contribution in [3.8, 4) is 56.4 Å². The lowest BCUT2D eigenvalue weighted by atomic mass is 9.84. The van der Waals surface area contributed by atoms with Crippen molar-refractivity contribution in [1.82, 2.24) is 0 Å². The molecule has 4 aliphatic heterocycles. The van der Waals surface area contributed by atoms with E-state index in [1.807, 2.05) is 30.4 Å². The van der Waals surface area contributed by atoms with Crippen LogP contribution in [0.25, 0.3) is 33.4 Å². The van der Waals surface area contributed by atoms with Gasteiger partial charge in [-0.05, 0) is 107 Å². The fourth-order valence-corrected chi connectivity index (χ4v) is 7.05. The maximum absolute atomic E-state index is 6.80. The molecule has 4 aliphatic rings. The average Bonchev–Trinajstić information content (AvgIpc) is 4.03. The zero-order valence-corrected chi connectivity index (χ0v) is 32.0. The molecular formula is C48H50O8. The first-order valence-corrected chi connectivity index (χ1v) is 19.6. The van der Waals surface area contributed by atoms with Crippen molar-refractivity contribution < 1.29 is 37.9 Å². The first-order valence-electron chi connectivity index (χ1n) is 19.6. The van der Waals surface area contributed by atoms with Crippen LogP contribution in [0.1, 0.15) is 28.7 Å². The summed E-state index contributed by atoms with van der Waals surface area (Å²) in [5.74, 6) is 3.22. The molecule has 4 atom stereocenters. The molecule has 4 aromatic rings. The Morgan fingerprint density at radius 2 is 1.07 bits per heavy atom. The van der Waals surface area contributed by atoms with E-state index in [4.69, 9.17) is 37.9 Å². The number of allylic oxidation sites excluding steroid dienone is 4. The quantitative estimate of drug-likeness (QED) is 0.0581. The molecule has 0 amide bonds. The van der Waals surface area contributed by atoms with Crippen molar-refractivity contribution in [3.05, 3.63) is 134 Å². The Balaban J connectivity index is 1.32. The van der Waals surface area contributed by atoms with Crippen LogP contribution in [-0.4, -0.2) is 70.9 Å². The lowest BCUT2D eigenvalue weighted by molar-refractivity contribution is -0.165. The minimum atomic E-state index is -0.218. The molecule has 4 heterocycles. The fourth-order valence-electron chi connectivity index (χ4n) is 7.05. The monoisotopic (exact) mass is 754 g/mol. The molecule has 0 radical (unpaired) electrons. The third-order valence-corrected chi connectivity index (χ3v) is 10.3. The normalized spacial score (nSPS) is 20.3. The number of benzene rings is 4. The van der Waals surface area contributed by atoms with Crippen molar-refractivity contribution in [1.29, 1.82) is 0 Å². The number of epoxide rings is 3. The van der Waals surface area contributed by atoms with Crippen LogP contribution < -0.4 is 18.9 Å².